The average Bonchev–Trinajstić information content (AvgIpc) is 2.67. The first-order valence-corrected chi connectivity index (χ1v) is 4.35. The molecule has 2 aliphatic heterocycles. The van der Waals surface area contributed by atoms with Gasteiger partial charge in [-0.25, -0.2) is 0 Å². The van der Waals surface area contributed by atoms with Crippen molar-refractivity contribution < 1.29 is 14.2 Å². The zero-order chi connectivity index (χ0) is 8.34. The van der Waals surface area contributed by atoms with Crippen LogP contribution in [0, 0.1) is 0 Å². The SMILES string of the molecule is CC1(C)O[C@@H]2[C@@H]3O[C@@H]3C=C[C@@H]2O1. The van der Waals surface area contributed by atoms with Gasteiger partial charge in [0, 0.05) is 0 Å². The van der Waals surface area contributed by atoms with Crippen LogP contribution in [0.4, 0.5) is 0 Å². The highest BCUT2D eigenvalue weighted by Crippen LogP contribution is 2.42. The Hall–Kier alpha value is -0.380. The summed E-state index contributed by atoms with van der Waals surface area (Å²) in [5.74, 6) is -0.444. The number of ether oxygens (including phenoxy) is 3. The first kappa shape index (κ1) is 7.06. The minimum absolute atomic E-state index is 0.101. The normalized spacial score (nSPS) is 53.2. The van der Waals surface area contributed by atoms with Gasteiger partial charge in [-0.2, -0.15) is 0 Å². The summed E-state index contributed by atoms with van der Waals surface area (Å²) in [6, 6.07) is 0. The third-order valence-corrected chi connectivity index (χ3v) is 2.54. The van der Waals surface area contributed by atoms with E-state index >= 15 is 0 Å². The molecule has 4 atom stereocenters. The molecule has 3 rings (SSSR count). The smallest absolute Gasteiger partial charge is 0.164 e. The first-order chi connectivity index (χ1) is 5.66. The summed E-state index contributed by atoms with van der Waals surface area (Å²) in [7, 11) is 0. The molecule has 0 N–H and O–H groups in total. The van der Waals surface area contributed by atoms with E-state index in [1.54, 1.807) is 0 Å². The molecule has 3 aliphatic rings. The molecule has 2 saturated heterocycles. The Morgan fingerprint density at radius 2 is 1.75 bits per heavy atom. The van der Waals surface area contributed by atoms with E-state index in [-0.39, 0.29) is 18.3 Å². The molecule has 2 heterocycles. The summed E-state index contributed by atoms with van der Waals surface area (Å²) in [5.41, 5.74) is 0. The van der Waals surface area contributed by atoms with Gasteiger partial charge in [-0.05, 0) is 13.8 Å². The Morgan fingerprint density at radius 1 is 1.00 bits per heavy atom. The standard InChI is InChI=1S/C9H12O3/c1-9(2)11-6-4-3-5-7(10-5)8(6)12-9/h3-8H,1-2H3/t5-,6+,7-,8+/m1/s1. The molecule has 66 valence electrons. The Kier molecular flexibility index (Phi) is 1.13. The summed E-state index contributed by atoms with van der Waals surface area (Å²) in [6.45, 7) is 3.88. The maximum Gasteiger partial charge on any atom is 0.164 e. The zero-order valence-electron chi connectivity index (χ0n) is 7.19. The number of fused-ring (bicyclic) bond motifs is 3. The van der Waals surface area contributed by atoms with Crippen molar-refractivity contribution in [3.8, 4) is 0 Å². The van der Waals surface area contributed by atoms with Crippen molar-refractivity contribution in [3.63, 3.8) is 0 Å². The lowest BCUT2D eigenvalue weighted by Crippen LogP contribution is -2.30. The summed E-state index contributed by atoms with van der Waals surface area (Å²) >= 11 is 0. The van der Waals surface area contributed by atoms with Crippen molar-refractivity contribution in [1.29, 1.82) is 0 Å². The number of hydrogen-bond acceptors (Lipinski definition) is 3. The first-order valence-electron chi connectivity index (χ1n) is 4.35. The van der Waals surface area contributed by atoms with E-state index < -0.39 is 5.79 Å². The van der Waals surface area contributed by atoms with Crippen LogP contribution in [0.3, 0.4) is 0 Å². The highest BCUT2D eigenvalue weighted by atomic mass is 16.8. The van der Waals surface area contributed by atoms with Gasteiger partial charge in [-0.1, -0.05) is 12.2 Å². The molecule has 1 aliphatic carbocycles. The average molecular weight is 168 g/mol. The summed E-state index contributed by atoms with van der Waals surface area (Å²) in [4.78, 5) is 0. The Morgan fingerprint density at radius 3 is 2.58 bits per heavy atom. The predicted octanol–water partition coefficient (Wildman–Crippen LogP) is 0.844. The van der Waals surface area contributed by atoms with Gasteiger partial charge in [0.15, 0.2) is 5.79 Å². The lowest BCUT2D eigenvalue weighted by atomic mass is 10.0. The van der Waals surface area contributed by atoms with Crippen molar-refractivity contribution in [2.24, 2.45) is 0 Å². The Labute approximate surface area is 71.3 Å². The van der Waals surface area contributed by atoms with Gasteiger partial charge in [0.2, 0.25) is 0 Å². The second kappa shape index (κ2) is 1.92. The fourth-order valence-corrected chi connectivity index (χ4v) is 1.99. The van der Waals surface area contributed by atoms with Gasteiger partial charge in [0.05, 0.1) is 0 Å². The van der Waals surface area contributed by atoms with E-state index in [0.717, 1.165) is 0 Å². The molecular formula is C9H12O3. The van der Waals surface area contributed by atoms with Crippen LogP contribution in [0.5, 0.6) is 0 Å². The highest BCUT2D eigenvalue weighted by Gasteiger charge is 2.56. The molecule has 0 aromatic rings. The largest absolute Gasteiger partial charge is 0.362 e. The molecule has 0 amide bonds. The quantitative estimate of drug-likeness (QED) is 0.397. The fraction of sp³-hybridized carbons (Fsp3) is 0.778. The topological polar surface area (TPSA) is 31.0 Å². The van der Waals surface area contributed by atoms with E-state index in [1.165, 1.54) is 0 Å². The number of rotatable bonds is 0. The molecule has 0 spiro atoms. The molecule has 0 bridgehead atoms. The molecule has 3 heteroatoms. The molecular weight excluding hydrogens is 156 g/mol. The Balaban J connectivity index is 1.88. The molecule has 2 fully saturated rings. The van der Waals surface area contributed by atoms with Crippen molar-refractivity contribution in [3.05, 3.63) is 12.2 Å². The van der Waals surface area contributed by atoms with Crippen LogP contribution < -0.4 is 0 Å². The second-order valence-corrected chi connectivity index (χ2v) is 4.01. The molecule has 0 aromatic carbocycles. The molecule has 12 heavy (non-hydrogen) atoms. The Bertz CT molecular complexity index is 246. The number of hydrogen-bond donors (Lipinski definition) is 0. The summed E-state index contributed by atoms with van der Waals surface area (Å²) < 4.78 is 16.8. The van der Waals surface area contributed by atoms with Crippen LogP contribution in [0.2, 0.25) is 0 Å². The van der Waals surface area contributed by atoms with Gasteiger partial charge in [0.1, 0.15) is 24.4 Å². The fourth-order valence-electron chi connectivity index (χ4n) is 1.99. The van der Waals surface area contributed by atoms with Crippen molar-refractivity contribution in [1.82, 2.24) is 0 Å². The maximum absolute atomic E-state index is 5.71. The van der Waals surface area contributed by atoms with E-state index in [2.05, 4.69) is 6.08 Å². The molecule has 0 aromatic heterocycles. The van der Waals surface area contributed by atoms with E-state index in [9.17, 15) is 0 Å². The molecule has 0 unspecified atom stereocenters. The minimum atomic E-state index is -0.444. The molecule has 0 radical (unpaired) electrons. The third-order valence-electron chi connectivity index (χ3n) is 2.54. The lowest BCUT2D eigenvalue weighted by Gasteiger charge is -2.15. The molecule has 0 saturated carbocycles. The van der Waals surface area contributed by atoms with Crippen LogP contribution in [-0.2, 0) is 14.2 Å². The van der Waals surface area contributed by atoms with Crippen molar-refractivity contribution >= 4 is 0 Å². The van der Waals surface area contributed by atoms with Crippen molar-refractivity contribution in [2.45, 2.75) is 44.1 Å². The predicted molar refractivity (Wildman–Crippen MR) is 41.6 cm³/mol. The minimum Gasteiger partial charge on any atom is -0.362 e. The zero-order valence-corrected chi connectivity index (χ0v) is 7.19. The van der Waals surface area contributed by atoms with Gasteiger partial charge in [-0.3, -0.25) is 0 Å². The van der Waals surface area contributed by atoms with Gasteiger partial charge >= 0.3 is 0 Å². The summed E-state index contributed by atoms with van der Waals surface area (Å²) in [5, 5.41) is 0. The maximum atomic E-state index is 5.71. The van der Waals surface area contributed by atoms with E-state index in [0.29, 0.717) is 6.10 Å². The molecule has 3 nitrogen and oxygen atoms in total. The van der Waals surface area contributed by atoms with Crippen LogP contribution >= 0.6 is 0 Å². The van der Waals surface area contributed by atoms with Crippen LogP contribution in [0.1, 0.15) is 13.8 Å². The van der Waals surface area contributed by atoms with Crippen LogP contribution in [0.25, 0.3) is 0 Å². The van der Waals surface area contributed by atoms with Crippen LogP contribution in [0.15, 0.2) is 12.2 Å². The van der Waals surface area contributed by atoms with E-state index in [4.69, 9.17) is 14.2 Å². The van der Waals surface area contributed by atoms with Gasteiger partial charge in [0.25, 0.3) is 0 Å². The second-order valence-electron chi connectivity index (χ2n) is 4.01. The third kappa shape index (κ3) is 0.873. The van der Waals surface area contributed by atoms with Crippen molar-refractivity contribution in [2.75, 3.05) is 0 Å². The van der Waals surface area contributed by atoms with Gasteiger partial charge in [-0.15, -0.1) is 0 Å². The lowest BCUT2D eigenvalue weighted by molar-refractivity contribution is -0.144. The van der Waals surface area contributed by atoms with E-state index in [1.807, 2.05) is 19.9 Å². The van der Waals surface area contributed by atoms with Crippen LogP contribution in [-0.4, -0.2) is 30.2 Å². The monoisotopic (exact) mass is 168 g/mol. The highest BCUT2D eigenvalue weighted by molar-refractivity contribution is 5.18. The van der Waals surface area contributed by atoms with Gasteiger partial charge < -0.3 is 14.2 Å². The summed E-state index contributed by atoms with van der Waals surface area (Å²) in [6.07, 6.45) is 4.88. The number of epoxide rings is 1.